The lowest BCUT2D eigenvalue weighted by atomic mass is 9.84. The van der Waals surface area contributed by atoms with E-state index in [0.717, 1.165) is 19.3 Å². The van der Waals surface area contributed by atoms with E-state index in [1.54, 1.807) is 0 Å². The Hall–Kier alpha value is -1.43. The Balaban J connectivity index is 1.54. The van der Waals surface area contributed by atoms with Crippen LogP contribution in [0, 0.1) is 17.8 Å². The number of hydrogen-bond donors (Lipinski definition) is 2. The van der Waals surface area contributed by atoms with Crippen LogP contribution in [-0.4, -0.2) is 46.9 Å². The molecule has 4 unspecified atom stereocenters. The van der Waals surface area contributed by atoms with Gasteiger partial charge in [-0.3, -0.25) is 19.3 Å². The van der Waals surface area contributed by atoms with E-state index in [1.165, 1.54) is 4.90 Å². The molecule has 1 aliphatic heterocycles. The van der Waals surface area contributed by atoms with Crippen LogP contribution in [-0.2, 0) is 14.4 Å². The molecule has 20 heavy (non-hydrogen) atoms. The van der Waals surface area contributed by atoms with Crippen LogP contribution in [0.25, 0.3) is 0 Å². The molecule has 3 fully saturated rings. The third kappa shape index (κ3) is 2.22. The first kappa shape index (κ1) is 13.5. The SMILES string of the molecule is O=C(O)C1C2CCC(C2)C1NCCN1C(=O)CCC1=O. The van der Waals surface area contributed by atoms with E-state index < -0.39 is 5.97 Å². The van der Waals surface area contributed by atoms with Crippen LogP contribution in [0.1, 0.15) is 32.1 Å². The van der Waals surface area contributed by atoms with Crippen molar-refractivity contribution in [3.8, 4) is 0 Å². The van der Waals surface area contributed by atoms with E-state index in [4.69, 9.17) is 0 Å². The number of carbonyl (C=O) groups is 3. The maximum absolute atomic E-state index is 11.5. The van der Waals surface area contributed by atoms with Crippen molar-refractivity contribution in [2.75, 3.05) is 13.1 Å². The molecule has 2 N–H and O–H groups in total. The summed E-state index contributed by atoms with van der Waals surface area (Å²) in [6, 6.07) is -0.000873. The first-order valence-corrected chi connectivity index (χ1v) is 7.37. The molecule has 2 bridgehead atoms. The number of carbonyl (C=O) groups excluding carboxylic acids is 2. The Kier molecular flexibility index (Phi) is 3.50. The predicted octanol–water partition coefficient (Wildman–Crippen LogP) is 0.224. The Morgan fingerprint density at radius 3 is 2.50 bits per heavy atom. The average molecular weight is 280 g/mol. The maximum Gasteiger partial charge on any atom is 0.308 e. The summed E-state index contributed by atoms with van der Waals surface area (Å²) in [5.74, 6) is -0.517. The minimum Gasteiger partial charge on any atom is -0.481 e. The molecule has 0 aromatic heterocycles. The summed E-state index contributed by atoms with van der Waals surface area (Å²) in [6.45, 7) is 0.854. The molecule has 0 radical (unpaired) electrons. The maximum atomic E-state index is 11.5. The second-order valence-corrected chi connectivity index (χ2v) is 6.12. The summed E-state index contributed by atoms with van der Waals surface area (Å²) in [4.78, 5) is 35.6. The molecule has 1 saturated heterocycles. The van der Waals surface area contributed by atoms with Crippen LogP contribution in [0.3, 0.4) is 0 Å². The van der Waals surface area contributed by atoms with Gasteiger partial charge in [-0.25, -0.2) is 0 Å². The van der Waals surface area contributed by atoms with Crippen LogP contribution in [0.15, 0.2) is 0 Å². The number of likely N-dealkylation sites (tertiary alicyclic amines) is 1. The van der Waals surface area contributed by atoms with Gasteiger partial charge in [0.05, 0.1) is 5.92 Å². The number of carboxylic acid groups (broad SMARTS) is 1. The van der Waals surface area contributed by atoms with Crippen molar-refractivity contribution >= 4 is 17.8 Å². The third-order valence-electron chi connectivity index (χ3n) is 5.07. The Morgan fingerprint density at radius 2 is 1.85 bits per heavy atom. The molecule has 4 atom stereocenters. The third-order valence-corrected chi connectivity index (χ3v) is 5.07. The summed E-state index contributed by atoms with van der Waals surface area (Å²) in [6.07, 6.45) is 3.72. The van der Waals surface area contributed by atoms with E-state index in [-0.39, 0.29) is 23.8 Å². The van der Waals surface area contributed by atoms with Gasteiger partial charge < -0.3 is 10.4 Å². The van der Waals surface area contributed by atoms with Crippen molar-refractivity contribution in [1.29, 1.82) is 0 Å². The molecule has 6 nitrogen and oxygen atoms in total. The molecule has 110 valence electrons. The number of aliphatic carboxylic acids is 1. The number of imide groups is 1. The Labute approximate surface area is 117 Å². The Bertz CT molecular complexity index is 434. The number of carboxylic acids is 1. The zero-order valence-electron chi connectivity index (χ0n) is 11.4. The van der Waals surface area contributed by atoms with E-state index in [0.29, 0.717) is 37.8 Å². The van der Waals surface area contributed by atoms with Crippen molar-refractivity contribution in [2.24, 2.45) is 17.8 Å². The molecular formula is C14H20N2O4. The fraction of sp³-hybridized carbons (Fsp3) is 0.786. The molecule has 1 heterocycles. The Morgan fingerprint density at radius 1 is 1.20 bits per heavy atom. The molecule has 0 aromatic rings. The second-order valence-electron chi connectivity index (χ2n) is 6.12. The summed E-state index contributed by atoms with van der Waals surface area (Å²) >= 11 is 0. The summed E-state index contributed by atoms with van der Waals surface area (Å²) in [7, 11) is 0. The van der Waals surface area contributed by atoms with Gasteiger partial charge in [0, 0.05) is 32.0 Å². The lowest BCUT2D eigenvalue weighted by Gasteiger charge is -2.29. The van der Waals surface area contributed by atoms with Crippen molar-refractivity contribution in [1.82, 2.24) is 10.2 Å². The first-order chi connectivity index (χ1) is 9.58. The monoisotopic (exact) mass is 280 g/mol. The highest BCUT2D eigenvalue weighted by molar-refractivity contribution is 6.01. The van der Waals surface area contributed by atoms with Crippen LogP contribution in [0.5, 0.6) is 0 Å². The number of nitrogens with zero attached hydrogens (tertiary/aromatic N) is 1. The standard InChI is InChI=1S/C14H20N2O4/c17-10-3-4-11(18)16(10)6-5-15-13-9-2-1-8(7-9)12(13)14(19)20/h8-9,12-13,15H,1-7H2,(H,19,20). The summed E-state index contributed by atoms with van der Waals surface area (Å²) < 4.78 is 0. The predicted molar refractivity (Wildman–Crippen MR) is 69.7 cm³/mol. The molecular weight excluding hydrogens is 260 g/mol. The largest absolute Gasteiger partial charge is 0.481 e. The van der Waals surface area contributed by atoms with Crippen molar-refractivity contribution < 1.29 is 19.5 Å². The van der Waals surface area contributed by atoms with E-state index >= 15 is 0 Å². The highest BCUT2D eigenvalue weighted by Crippen LogP contribution is 2.48. The fourth-order valence-corrected chi connectivity index (χ4v) is 4.16. The van der Waals surface area contributed by atoms with E-state index in [1.807, 2.05) is 0 Å². The molecule has 2 aliphatic carbocycles. The zero-order chi connectivity index (χ0) is 14.3. The van der Waals surface area contributed by atoms with Gasteiger partial charge >= 0.3 is 5.97 Å². The van der Waals surface area contributed by atoms with E-state index in [2.05, 4.69) is 5.32 Å². The molecule has 0 spiro atoms. The number of hydrogen-bond acceptors (Lipinski definition) is 4. The van der Waals surface area contributed by atoms with Gasteiger partial charge in [-0.1, -0.05) is 0 Å². The van der Waals surface area contributed by atoms with Crippen LogP contribution in [0.4, 0.5) is 0 Å². The minimum atomic E-state index is -0.719. The number of nitrogens with one attached hydrogen (secondary N) is 1. The van der Waals surface area contributed by atoms with Gasteiger partial charge in [-0.2, -0.15) is 0 Å². The fourth-order valence-electron chi connectivity index (χ4n) is 4.16. The number of amides is 2. The van der Waals surface area contributed by atoms with Crippen molar-refractivity contribution in [3.63, 3.8) is 0 Å². The lowest BCUT2D eigenvalue weighted by Crippen LogP contribution is -2.47. The summed E-state index contributed by atoms with van der Waals surface area (Å²) in [5.41, 5.74) is 0. The minimum absolute atomic E-state index is 0.000873. The topological polar surface area (TPSA) is 86.7 Å². The van der Waals surface area contributed by atoms with Gasteiger partial charge in [-0.05, 0) is 31.1 Å². The molecule has 3 aliphatic rings. The number of fused-ring (bicyclic) bond motifs is 2. The van der Waals surface area contributed by atoms with Gasteiger partial charge in [-0.15, -0.1) is 0 Å². The highest BCUT2D eigenvalue weighted by atomic mass is 16.4. The zero-order valence-corrected chi connectivity index (χ0v) is 11.4. The van der Waals surface area contributed by atoms with Gasteiger partial charge in [0.25, 0.3) is 0 Å². The average Bonchev–Trinajstić information content (AvgIpc) is 3.07. The second kappa shape index (κ2) is 5.16. The summed E-state index contributed by atoms with van der Waals surface area (Å²) in [5, 5.41) is 12.6. The van der Waals surface area contributed by atoms with Crippen LogP contribution >= 0.6 is 0 Å². The lowest BCUT2D eigenvalue weighted by molar-refractivity contribution is -0.145. The van der Waals surface area contributed by atoms with Crippen molar-refractivity contribution in [3.05, 3.63) is 0 Å². The van der Waals surface area contributed by atoms with Gasteiger partial charge in [0.1, 0.15) is 0 Å². The molecule has 6 heteroatoms. The van der Waals surface area contributed by atoms with Gasteiger partial charge in [0.2, 0.25) is 11.8 Å². The molecule has 0 aromatic carbocycles. The molecule has 3 rings (SSSR count). The first-order valence-electron chi connectivity index (χ1n) is 7.37. The quantitative estimate of drug-likeness (QED) is 0.704. The van der Waals surface area contributed by atoms with E-state index in [9.17, 15) is 19.5 Å². The molecule has 2 saturated carbocycles. The van der Waals surface area contributed by atoms with Crippen LogP contribution < -0.4 is 5.32 Å². The van der Waals surface area contributed by atoms with Crippen LogP contribution in [0.2, 0.25) is 0 Å². The highest BCUT2D eigenvalue weighted by Gasteiger charge is 2.50. The normalized spacial score (nSPS) is 36.1. The molecule has 2 amide bonds. The van der Waals surface area contributed by atoms with Crippen molar-refractivity contribution in [2.45, 2.75) is 38.1 Å². The number of rotatable bonds is 5. The smallest absolute Gasteiger partial charge is 0.308 e. The van der Waals surface area contributed by atoms with Gasteiger partial charge in [0.15, 0.2) is 0 Å².